The van der Waals surface area contributed by atoms with Crippen molar-refractivity contribution in [1.82, 2.24) is 5.32 Å². The monoisotopic (exact) mass is 231 g/mol. The van der Waals surface area contributed by atoms with Crippen molar-refractivity contribution < 1.29 is 9.53 Å². The summed E-state index contributed by atoms with van der Waals surface area (Å²) in [6.07, 6.45) is 4.13. The van der Waals surface area contributed by atoms with E-state index in [-0.39, 0.29) is 12.5 Å². The number of alkyl carbamates (subject to hydrolysis) is 1. The van der Waals surface area contributed by atoms with Gasteiger partial charge < -0.3 is 10.1 Å². The summed E-state index contributed by atoms with van der Waals surface area (Å²) in [7, 11) is 0. The van der Waals surface area contributed by atoms with Gasteiger partial charge in [0, 0.05) is 6.54 Å². The fourth-order valence-electron chi connectivity index (χ4n) is 0.993. The first-order valence-corrected chi connectivity index (χ1v) is 5.77. The summed E-state index contributed by atoms with van der Waals surface area (Å²) in [6.45, 7) is 2.92. The second kappa shape index (κ2) is 11.2. The minimum absolute atomic E-state index is 0.105. The zero-order valence-electron chi connectivity index (χ0n) is 9.14. The molecular weight excluding hydrogens is 214 g/mol. The van der Waals surface area contributed by atoms with Crippen LogP contribution in [0, 0.1) is 11.8 Å². The van der Waals surface area contributed by atoms with E-state index in [4.69, 9.17) is 16.3 Å². The first-order chi connectivity index (χ1) is 7.31. The first kappa shape index (κ1) is 14.1. The number of hydrogen-bond donors (Lipinski definition) is 1. The third kappa shape index (κ3) is 11.0. The summed E-state index contributed by atoms with van der Waals surface area (Å²) in [6, 6.07) is 0. The van der Waals surface area contributed by atoms with Crippen molar-refractivity contribution in [3.63, 3.8) is 0 Å². The number of nitrogens with one attached hydrogen (secondary N) is 1. The van der Waals surface area contributed by atoms with Crippen molar-refractivity contribution in [2.45, 2.75) is 32.6 Å². The molecule has 0 aromatic heterocycles. The number of amides is 1. The van der Waals surface area contributed by atoms with Gasteiger partial charge in [-0.15, -0.1) is 11.6 Å². The summed E-state index contributed by atoms with van der Waals surface area (Å²) < 4.78 is 4.77. The minimum Gasteiger partial charge on any atom is -0.436 e. The summed E-state index contributed by atoms with van der Waals surface area (Å²) in [5.74, 6) is 5.48. The Balaban J connectivity index is 3.26. The lowest BCUT2D eigenvalue weighted by Gasteiger charge is -2.03. The summed E-state index contributed by atoms with van der Waals surface area (Å²) in [5, 5.41) is 2.66. The lowest BCUT2D eigenvalue weighted by molar-refractivity contribution is 0.160. The molecule has 0 rings (SSSR count). The standard InChI is InChI=1S/C11H18ClNO2/c1-2-3-4-6-9-13-11(14)15-10-7-5-8-12/h2-4,6,8-10H2,1H3,(H,13,14). The Morgan fingerprint density at radius 3 is 2.80 bits per heavy atom. The number of hydrogen-bond acceptors (Lipinski definition) is 2. The summed E-state index contributed by atoms with van der Waals surface area (Å²) >= 11 is 5.32. The molecule has 0 radical (unpaired) electrons. The highest BCUT2D eigenvalue weighted by Gasteiger charge is 1.98. The third-order valence-corrected chi connectivity index (χ3v) is 1.90. The molecule has 1 N–H and O–H groups in total. The Morgan fingerprint density at radius 2 is 2.13 bits per heavy atom. The van der Waals surface area contributed by atoms with Crippen LogP contribution in [-0.2, 0) is 4.74 Å². The average molecular weight is 232 g/mol. The Kier molecular flexibility index (Phi) is 10.5. The van der Waals surface area contributed by atoms with Gasteiger partial charge in [-0.2, -0.15) is 0 Å². The van der Waals surface area contributed by atoms with Crippen molar-refractivity contribution in [2.24, 2.45) is 0 Å². The molecule has 1 amide bonds. The lowest BCUT2D eigenvalue weighted by Crippen LogP contribution is -2.25. The zero-order chi connectivity index (χ0) is 11.4. The van der Waals surface area contributed by atoms with Crippen LogP contribution >= 0.6 is 11.6 Å². The van der Waals surface area contributed by atoms with E-state index in [1.54, 1.807) is 0 Å². The van der Waals surface area contributed by atoms with E-state index in [9.17, 15) is 4.79 Å². The van der Waals surface area contributed by atoms with Crippen molar-refractivity contribution in [3.05, 3.63) is 0 Å². The molecule has 0 fully saturated rings. The normalized spacial score (nSPS) is 8.93. The molecule has 0 atom stereocenters. The predicted molar refractivity (Wildman–Crippen MR) is 62.0 cm³/mol. The Bertz CT molecular complexity index is 220. The molecule has 0 bridgehead atoms. The first-order valence-electron chi connectivity index (χ1n) is 5.23. The molecule has 15 heavy (non-hydrogen) atoms. The van der Waals surface area contributed by atoms with Gasteiger partial charge in [-0.1, -0.05) is 38.0 Å². The highest BCUT2D eigenvalue weighted by Crippen LogP contribution is 1.96. The SMILES string of the molecule is CCCCCCNC(=O)OCC#CCCl. The van der Waals surface area contributed by atoms with Gasteiger partial charge in [0.25, 0.3) is 0 Å². The zero-order valence-corrected chi connectivity index (χ0v) is 9.90. The van der Waals surface area contributed by atoms with Crippen LogP contribution in [0.1, 0.15) is 32.6 Å². The van der Waals surface area contributed by atoms with Crippen LogP contribution in [0.5, 0.6) is 0 Å². The summed E-state index contributed by atoms with van der Waals surface area (Å²) in [4.78, 5) is 11.0. The number of alkyl halides is 1. The number of unbranched alkanes of at least 4 members (excludes halogenated alkanes) is 3. The second-order valence-electron chi connectivity index (χ2n) is 3.05. The predicted octanol–water partition coefficient (Wildman–Crippen LogP) is 2.54. The Hall–Kier alpha value is -0.880. The van der Waals surface area contributed by atoms with E-state index < -0.39 is 6.09 Å². The molecule has 0 saturated heterocycles. The molecule has 0 aromatic rings. The molecule has 4 heteroatoms. The Morgan fingerprint density at radius 1 is 1.33 bits per heavy atom. The molecule has 0 spiro atoms. The van der Waals surface area contributed by atoms with Crippen molar-refractivity contribution in [1.29, 1.82) is 0 Å². The molecule has 0 aromatic carbocycles. The molecular formula is C11H18ClNO2. The van der Waals surface area contributed by atoms with E-state index in [1.807, 2.05) is 0 Å². The summed E-state index contributed by atoms with van der Waals surface area (Å²) in [5.41, 5.74) is 0. The van der Waals surface area contributed by atoms with E-state index >= 15 is 0 Å². The maximum atomic E-state index is 11.0. The topological polar surface area (TPSA) is 38.3 Å². The molecule has 0 aliphatic rings. The van der Waals surface area contributed by atoms with Crippen LogP contribution in [0.4, 0.5) is 4.79 Å². The maximum absolute atomic E-state index is 11.0. The van der Waals surface area contributed by atoms with Gasteiger partial charge in [-0.3, -0.25) is 0 Å². The number of ether oxygens (including phenoxy) is 1. The minimum atomic E-state index is -0.407. The molecule has 0 unspecified atom stereocenters. The van der Waals surface area contributed by atoms with Crippen molar-refractivity contribution in [3.8, 4) is 11.8 Å². The van der Waals surface area contributed by atoms with Gasteiger partial charge in [0.1, 0.15) is 0 Å². The van der Waals surface area contributed by atoms with Crippen LogP contribution in [0.3, 0.4) is 0 Å². The van der Waals surface area contributed by atoms with Gasteiger partial charge >= 0.3 is 6.09 Å². The Labute approximate surface area is 96.5 Å². The quantitative estimate of drug-likeness (QED) is 0.434. The smallest absolute Gasteiger partial charge is 0.408 e. The molecule has 0 aliphatic heterocycles. The van der Waals surface area contributed by atoms with E-state index in [0.717, 1.165) is 12.8 Å². The highest BCUT2D eigenvalue weighted by molar-refractivity contribution is 6.19. The largest absolute Gasteiger partial charge is 0.436 e. The highest BCUT2D eigenvalue weighted by atomic mass is 35.5. The number of halogens is 1. The van der Waals surface area contributed by atoms with Crippen molar-refractivity contribution >= 4 is 17.7 Å². The van der Waals surface area contributed by atoms with Gasteiger partial charge in [0.2, 0.25) is 0 Å². The van der Waals surface area contributed by atoms with Gasteiger partial charge in [0.05, 0.1) is 5.88 Å². The third-order valence-electron chi connectivity index (χ3n) is 1.77. The van der Waals surface area contributed by atoms with Crippen molar-refractivity contribution in [2.75, 3.05) is 19.0 Å². The van der Waals surface area contributed by atoms with E-state index in [2.05, 4.69) is 24.1 Å². The van der Waals surface area contributed by atoms with Crippen LogP contribution in [-0.4, -0.2) is 25.1 Å². The number of rotatable bonds is 6. The van der Waals surface area contributed by atoms with E-state index in [0.29, 0.717) is 6.54 Å². The average Bonchev–Trinajstić information content (AvgIpc) is 2.24. The molecule has 0 saturated carbocycles. The molecule has 3 nitrogen and oxygen atoms in total. The van der Waals surface area contributed by atoms with Gasteiger partial charge in [-0.05, 0) is 6.42 Å². The molecule has 86 valence electrons. The fourth-order valence-corrected chi connectivity index (χ4v) is 1.09. The van der Waals surface area contributed by atoms with Gasteiger partial charge in [-0.25, -0.2) is 4.79 Å². The second-order valence-corrected chi connectivity index (χ2v) is 3.32. The van der Waals surface area contributed by atoms with Crippen LogP contribution in [0.2, 0.25) is 0 Å². The molecule has 0 aliphatic carbocycles. The lowest BCUT2D eigenvalue weighted by atomic mass is 10.2. The number of carbonyl (C=O) groups excluding carboxylic acids is 1. The van der Waals surface area contributed by atoms with Crippen LogP contribution in [0.25, 0.3) is 0 Å². The van der Waals surface area contributed by atoms with Crippen LogP contribution in [0.15, 0.2) is 0 Å². The van der Waals surface area contributed by atoms with E-state index in [1.165, 1.54) is 12.8 Å². The maximum Gasteiger partial charge on any atom is 0.408 e. The fraction of sp³-hybridized carbons (Fsp3) is 0.727. The van der Waals surface area contributed by atoms with Crippen LogP contribution < -0.4 is 5.32 Å². The van der Waals surface area contributed by atoms with Gasteiger partial charge in [0.15, 0.2) is 6.61 Å². The molecule has 0 heterocycles. The number of carbonyl (C=O) groups is 1.